The van der Waals surface area contributed by atoms with Gasteiger partial charge in [-0.2, -0.15) is 0 Å². The molecule has 0 saturated heterocycles. The minimum atomic E-state index is -0.490. The second-order valence-electron chi connectivity index (χ2n) is 9.75. The van der Waals surface area contributed by atoms with Gasteiger partial charge in [0, 0.05) is 42.0 Å². The summed E-state index contributed by atoms with van der Waals surface area (Å²) in [6.45, 7) is 0. The molecule has 4 rings (SSSR count). The van der Waals surface area contributed by atoms with Crippen LogP contribution in [0.25, 0.3) is 6.08 Å². The van der Waals surface area contributed by atoms with E-state index in [1.165, 1.54) is 18.9 Å². The van der Waals surface area contributed by atoms with E-state index in [4.69, 9.17) is 9.47 Å². The molecule has 226 valence electrons. The molecule has 3 N–H and O–H groups in total. The SMILES string of the molecule is COc1ccc(OC)c(NC(=O)CSc2cccc(NC(=O)/C(=C\c3ccc(N(C)C)cc3)NC(=O)c3ccccc3)c2)c1. The maximum absolute atomic E-state index is 13.5. The van der Waals surface area contributed by atoms with Gasteiger partial charge in [0.25, 0.3) is 11.8 Å². The molecule has 0 heterocycles. The molecule has 0 unspecified atom stereocenters. The molecule has 0 radical (unpaired) electrons. The molecule has 0 spiro atoms. The fraction of sp³-hybridized carbons (Fsp3) is 0.147. The summed E-state index contributed by atoms with van der Waals surface area (Å²) in [5.41, 5.74) is 3.28. The molecule has 9 nitrogen and oxygen atoms in total. The monoisotopic (exact) mass is 610 g/mol. The maximum atomic E-state index is 13.5. The lowest BCUT2D eigenvalue weighted by Crippen LogP contribution is -2.30. The van der Waals surface area contributed by atoms with E-state index in [1.807, 2.05) is 55.4 Å². The summed E-state index contributed by atoms with van der Waals surface area (Å²) < 4.78 is 10.6. The van der Waals surface area contributed by atoms with E-state index in [1.54, 1.807) is 73.8 Å². The molecular weight excluding hydrogens is 576 g/mol. The lowest BCUT2D eigenvalue weighted by molar-refractivity contribution is -0.114. The molecule has 4 aromatic rings. The van der Waals surface area contributed by atoms with Gasteiger partial charge in [0.15, 0.2) is 0 Å². The third-order valence-electron chi connectivity index (χ3n) is 6.39. The van der Waals surface area contributed by atoms with Gasteiger partial charge in [-0.3, -0.25) is 14.4 Å². The van der Waals surface area contributed by atoms with E-state index in [9.17, 15) is 14.4 Å². The first-order chi connectivity index (χ1) is 21.2. The van der Waals surface area contributed by atoms with Crippen LogP contribution < -0.4 is 30.3 Å². The van der Waals surface area contributed by atoms with Crippen LogP contribution in [0.1, 0.15) is 15.9 Å². The summed E-state index contributed by atoms with van der Waals surface area (Å²) in [5, 5.41) is 8.47. The molecular formula is C34H34N4O5S. The molecule has 0 bridgehead atoms. The number of methoxy groups -OCH3 is 2. The summed E-state index contributed by atoms with van der Waals surface area (Å²) in [5.74, 6) is 0.113. The Morgan fingerprint density at radius 3 is 2.25 bits per heavy atom. The lowest BCUT2D eigenvalue weighted by atomic mass is 10.1. The Bertz CT molecular complexity index is 1640. The highest BCUT2D eigenvalue weighted by molar-refractivity contribution is 8.00. The topological polar surface area (TPSA) is 109 Å². The van der Waals surface area contributed by atoms with Crippen molar-refractivity contribution in [3.05, 3.63) is 114 Å². The van der Waals surface area contributed by atoms with Crippen molar-refractivity contribution in [1.29, 1.82) is 0 Å². The van der Waals surface area contributed by atoms with Crippen molar-refractivity contribution in [3.8, 4) is 11.5 Å². The summed E-state index contributed by atoms with van der Waals surface area (Å²) >= 11 is 1.31. The summed E-state index contributed by atoms with van der Waals surface area (Å²) in [7, 11) is 6.97. The predicted octanol–water partition coefficient (Wildman–Crippen LogP) is 5.91. The first-order valence-corrected chi connectivity index (χ1v) is 14.7. The van der Waals surface area contributed by atoms with Crippen LogP contribution in [0.15, 0.2) is 108 Å². The fourth-order valence-corrected chi connectivity index (χ4v) is 4.84. The Labute approximate surface area is 261 Å². The second kappa shape index (κ2) is 15.3. The van der Waals surface area contributed by atoms with E-state index in [2.05, 4.69) is 16.0 Å². The number of anilines is 3. The van der Waals surface area contributed by atoms with Crippen molar-refractivity contribution < 1.29 is 23.9 Å². The van der Waals surface area contributed by atoms with E-state index in [-0.39, 0.29) is 17.4 Å². The number of benzene rings is 4. The van der Waals surface area contributed by atoms with Gasteiger partial charge in [0.05, 0.1) is 25.7 Å². The van der Waals surface area contributed by atoms with Crippen LogP contribution in [0, 0.1) is 0 Å². The van der Waals surface area contributed by atoms with Crippen LogP contribution in [0.4, 0.5) is 17.1 Å². The first kappa shape index (κ1) is 31.7. The zero-order valence-corrected chi connectivity index (χ0v) is 25.7. The van der Waals surface area contributed by atoms with Gasteiger partial charge < -0.3 is 30.3 Å². The average Bonchev–Trinajstić information content (AvgIpc) is 3.04. The Kier molecular flexibility index (Phi) is 11.0. The number of hydrogen-bond donors (Lipinski definition) is 3. The molecule has 10 heteroatoms. The maximum Gasteiger partial charge on any atom is 0.272 e. The van der Waals surface area contributed by atoms with Crippen molar-refractivity contribution in [2.75, 3.05) is 49.6 Å². The first-order valence-electron chi connectivity index (χ1n) is 13.7. The van der Waals surface area contributed by atoms with Gasteiger partial charge in [-0.1, -0.05) is 36.4 Å². The standard InChI is InChI=1S/C34H34N4O5S/c1-38(2)26-15-13-23(14-16-26)19-30(37-33(40)24-9-6-5-7-10-24)34(41)35-25-11-8-12-28(20-25)44-22-32(39)36-29-21-27(42-3)17-18-31(29)43-4/h5-21H,22H2,1-4H3,(H,35,41)(H,36,39)(H,37,40)/b30-19+. The number of amides is 3. The lowest BCUT2D eigenvalue weighted by Gasteiger charge is -2.14. The van der Waals surface area contributed by atoms with E-state index >= 15 is 0 Å². The molecule has 0 aliphatic carbocycles. The quantitative estimate of drug-likeness (QED) is 0.135. The second-order valence-corrected chi connectivity index (χ2v) is 10.8. The normalized spacial score (nSPS) is 10.9. The van der Waals surface area contributed by atoms with Gasteiger partial charge in [0.2, 0.25) is 5.91 Å². The summed E-state index contributed by atoms with van der Waals surface area (Å²) in [6, 6.07) is 28.6. The Morgan fingerprint density at radius 2 is 1.57 bits per heavy atom. The number of thioether (sulfide) groups is 1. The third-order valence-corrected chi connectivity index (χ3v) is 7.39. The van der Waals surface area contributed by atoms with Crippen molar-refractivity contribution in [1.82, 2.24) is 5.32 Å². The van der Waals surface area contributed by atoms with Crippen LogP contribution in [0.2, 0.25) is 0 Å². The minimum absolute atomic E-state index is 0.0844. The largest absolute Gasteiger partial charge is 0.497 e. The highest BCUT2D eigenvalue weighted by atomic mass is 32.2. The van der Waals surface area contributed by atoms with Crippen LogP contribution in [-0.2, 0) is 9.59 Å². The van der Waals surface area contributed by atoms with Crippen LogP contribution in [0.5, 0.6) is 11.5 Å². The number of carbonyl (C=O) groups excluding carboxylic acids is 3. The van der Waals surface area contributed by atoms with E-state index in [0.29, 0.717) is 28.4 Å². The molecule has 3 amide bonds. The van der Waals surface area contributed by atoms with Gasteiger partial charge in [-0.15, -0.1) is 11.8 Å². The molecule has 0 saturated carbocycles. The van der Waals surface area contributed by atoms with E-state index in [0.717, 1.165) is 16.1 Å². The van der Waals surface area contributed by atoms with Crippen LogP contribution in [-0.4, -0.2) is 51.8 Å². The number of nitrogens with one attached hydrogen (secondary N) is 3. The third kappa shape index (κ3) is 8.89. The van der Waals surface area contributed by atoms with Crippen molar-refractivity contribution in [2.24, 2.45) is 0 Å². The number of nitrogens with zero attached hydrogens (tertiary/aromatic N) is 1. The summed E-state index contributed by atoms with van der Waals surface area (Å²) in [6.07, 6.45) is 1.63. The number of carbonyl (C=O) groups is 3. The Balaban J connectivity index is 1.46. The molecule has 0 aliphatic heterocycles. The molecule has 0 aliphatic rings. The molecule has 0 atom stereocenters. The Morgan fingerprint density at radius 1 is 0.818 bits per heavy atom. The van der Waals surface area contributed by atoms with Gasteiger partial charge in [-0.25, -0.2) is 0 Å². The molecule has 0 fully saturated rings. The van der Waals surface area contributed by atoms with Crippen molar-refractivity contribution >= 4 is 52.6 Å². The average molecular weight is 611 g/mol. The molecule has 44 heavy (non-hydrogen) atoms. The fourth-order valence-electron chi connectivity index (χ4n) is 4.09. The summed E-state index contributed by atoms with van der Waals surface area (Å²) in [4.78, 5) is 41.9. The molecule has 0 aromatic heterocycles. The number of hydrogen-bond acceptors (Lipinski definition) is 7. The van der Waals surface area contributed by atoms with Gasteiger partial charge in [0.1, 0.15) is 17.2 Å². The zero-order chi connectivity index (χ0) is 31.5. The predicted molar refractivity (Wildman–Crippen MR) is 177 cm³/mol. The van der Waals surface area contributed by atoms with Crippen molar-refractivity contribution in [3.63, 3.8) is 0 Å². The van der Waals surface area contributed by atoms with Gasteiger partial charge >= 0.3 is 0 Å². The molecule has 4 aromatic carbocycles. The highest BCUT2D eigenvalue weighted by Crippen LogP contribution is 2.29. The number of rotatable bonds is 12. The highest BCUT2D eigenvalue weighted by Gasteiger charge is 2.16. The van der Waals surface area contributed by atoms with Gasteiger partial charge in [-0.05, 0) is 66.2 Å². The smallest absolute Gasteiger partial charge is 0.272 e. The van der Waals surface area contributed by atoms with Crippen LogP contribution in [0.3, 0.4) is 0 Å². The zero-order valence-electron chi connectivity index (χ0n) is 24.9. The van der Waals surface area contributed by atoms with Crippen molar-refractivity contribution in [2.45, 2.75) is 4.90 Å². The minimum Gasteiger partial charge on any atom is -0.497 e. The Hall–Kier alpha value is -5.22. The van der Waals surface area contributed by atoms with Crippen LogP contribution >= 0.6 is 11.8 Å². The number of ether oxygens (including phenoxy) is 2. The van der Waals surface area contributed by atoms with E-state index < -0.39 is 11.8 Å².